The third-order valence-corrected chi connectivity index (χ3v) is 5.95. The Morgan fingerprint density at radius 1 is 0.938 bits per heavy atom. The van der Waals surface area contributed by atoms with Gasteiger partial charge in [0.25, 0.3) is 10.0 Å². The average molecular weight is 474 g/mol. The van der Waals surface area contributed by atoms with Crippen LogP contribution in [0.1, 0.15) is 11.1 Å². The number of aromatic nitrogens is 2. The normalized spacial score (nSPS) is 10.9. The van der Waals surface area contributed by atoms with Crippen LogP contribution in [-0.4, -0.2) is 37.7 Å². The molecule has 0 fully saturated rings. The molecule has 0 unspecified atom stereocenters. The van der Waals surface area contributed by atoms with Crippen molar-refractivity contribution in [2.75, 3.05) is 29.6 Å². The number of aryl methyl sites for hydroxylation is 2. The van der Waals surface area contributed by atoms with Crippen molar-refractivity contribution in [1.82, 2.24) is 9.97 Å². The van der Waals surface area contributed by atoms with Gasteiger partial charge in [0.05, 0.1) is 19.1 Å². The lowest BCUT2D eigenvalue weighted by atomic mass is 10.1. The molecule has 9 nitrogen and oxygen atoms in total. The highest BCUT2D eigenvalue weighted by molar-refractivity contribution is 7.92. The first kappa shape index (κ1) is 23.2. The molecule has 0 spiro atoms. The van der Waals surface area contributed by atoms with Crippen LogP contribution >= 0.6 is 12.2 Å². The van der Waals surface area contributed by atoms with Crippen molar-refractivity contribution < 1.29 is 17.9 Å². The van der Waals surface area contributed by atoms with Crippen LogP contribution in [0.2, 0.25) is 0 Å². The van der Waals surface area contributed by atoms with E-state index in [4.69, 9.17) is 21.7 Å². The zero-order chi connectivity index (χ0) is 23.3. The first-order chi connectivity index (χ1) is 15.2. The molecule has 0 atom stereocenters. The topological polar surface area (TPSA) is 114 Å². The molecule has 0 aliphatic carbocycles. The minimum atomic E-state index is -3.90. The van der Waals surface area contributed by atoms with Gasteiger partial charge in [-0.3, -0.25) is 4.72 Å². The van der Waals surface area contributed by atoms with Crippen LogP contribution in [0, 0.1) is 13.8 Å². The van der Waals surface area contributed by atoms with Crippen LogP contribution in [0.3, 0.4) is 0 Å². The van der Waals surface area contributed by atoms with E-state index >= 15 is 0 Å². The SMILES string of the molecule is COc1cc(NS(=O)(=O)c2ccc(NC(=S)Nc3cc(C)ccc3C)cc2)nc(OC)n1. The monoisotopic (exact) mass is 473 g/mol. The largest absolute Gasteiger partial charge is 0.481 e. The number of anilines is 3. The molecule has 168 valence electrons. The summed E-state index contributed by atoms with van der Waals surface area (Å²) in [4.78, 5) is 7.96. The molecule has 3 rings (SSSR count). The minimum absolute atomic E-state index is 0.0218. The van der Waals surface area contributed by atoms with E-state index in [2.05, 4.69) is 25.3 Å². The Balaban J connectivity index is 1.70. The molecule has 0 aliphatic rings. The molecule has 11 heteroatoms. The van der Waals surface area contributed by atoms with Crippen LogP contribution in [0.15, 0.2) is 53.4 Å². The predicted octanol–water partition coefficient (Wildman–Crippen LogP) is 3.72. The van der Waals surface area contributed by atoms with Crippen LogP contribution < -0.4 is 24.8 Å². The van der Waals surface area contributed by atoms with E-state index in [1.165, 1.54) is 32.4 Å². The van der Waals surface area contributed by atoms with E-state index in [-0.39, 0.29) is 22.6 Å². The van der Waals surface area contributed by atoms with Gasteiger partial charge in [0.2, 0.25) is 5.88 Å². The second-order valence-corrected chi connectivity index (χ2v) is 8.90. The number of rotatable bonds is 7. The molecular weight excluding hydrogens is 450 g/mol. The number of hydrogen-bond donors (Lipinski definition) is 3. The quantitative estimate of drug-likeness (QED) is 0.442. The van der Waals surface area contributed by atoms with Gasteiger partial charge in [0.1, 0.15) is 0 Å². The smallest absolute Gasteiger partial charge is 0.321 e. The second kappa shape index (κ2) is 9.79. The number of benzene rings is 2. The van der Waals surface area contributed by atoms with Gasteiger partial charge in [-0.05, 0) is 67.5 Å². The molecule has 0 amide bonds. The highest BCUT2D eigenvalue weighted by Gasteiger charge is 2.17. The standard InChI is InChI=1S/C21H23N5O4S2/c1-13-5-6-14(2)17(11-13)23-21(31)22-15-7-9-16(10-8-15)32(27,28)26-18-12-19(29-3)25-20(24-18)30-4/h5-12H,1-4H3,(H2,22,23,31)(H,24,25,26). The molecule has 0 saturated heterocycles. The van der Waals surface area contributed by atoms with E-state index in [9.17, 15) is 8.42 Å². The predicted molar refractivity (Wildman–Crippen MR) is 128 cm³/mol. The third kappa shape index (κ3) is 5.83. The Hall–Kier alpha value is -3.44. The van der Waals surface area contributed by atoms with Crippen molar-refractivity contribution in [3.05, 3.63) is 59.7 Å². The van der Waals surface area contributed by atoms with Gasteiger partial charge < -0.3 is 20.1 Å². The van der Waals surface area contributed by atoms with Crippen LogP contribution in [0.25, 0.3) is 0 Å². The molecule has 32 heavy (non-hydrogen) atoms. The lowest BCUT2D eigenvalue weighted by molar-refractivity contribution is 0.353. The zero-order valence-corrected chi connectivity index (χ0v) is 19.6. The second-order valence-electron chi connectivity index (χ2n) is 6.81. The van der Waals surface area contributed by atoms with E-state index in [0.717, 1.165) is 16.8 Å². The Morgan fingerprint density at radius 2 is 1.66 bits per heavy atom. The highest BCUT2D eigenvalue weighted by atomic mass is 32.2. The van der Waals surface area contributed by atoms with Gasteiger partial charge in [0, 0.05) is 17.4 Å². The molecule has 0 aliphatic heterocycles. The summed E-state index contributed by atoms with van der Waals surface area (Å²) >= 11 is 5.37. The first-order valence-corrected chi connectivity index (χ1v) is 11.3. The number of hydrogen-bond acceptors (Lipinski definition) is 7. The summed E-state index contributed by atoms with van der Waals surface area (Å²) in [7, 11) is -1.11. The fourth-order valence-electron chi connectivity index (χ4n) is 2.72. The molecule has 0 bridgehead atoms. The highest BCUT2D eigenvalue weighted by Crippen LogP contribution is 2.22. The van der Waals surface area contributed by atoms with Crippen molar-refractivity contribution in [3.8, 4) is 11.9 Å². The fraction of sp³-hybridized carbons (Fsp3) is 0.190. The third-order valence-electron chi connectivity index (χ3n) is 4.38. The summed E-state index contributed by atoms with van der Waals surface area (Å²) in [5, 5.41) is 6.59. The van der Waals surface area contributed by atoms with E-state index in [0.29, 0.717) is 10.8 Å². The Morgan fingerprint density at radius 3 is 2.31 bits per heavy atom. The summed E-state index contributed by atoms with van der Waals surface area (Å²) in [6.07, 6.45) is 0. The molecular formula is C21H23N5O4S2. The number of thiocarbonyl (C=S) groups is 1. The number of methoxy groups -OCH3 is 2. The average Bonchev–Trinajstić information content (AvgIpc) is 2.76. The Kier molecular flexibility index (Phi) is 7.11. The van der Waals surface area contributed by atoms with Gasteiger partial charge in [-0.2, -0.15) is 9.97 Å². The molecule has 1 aromatic heterocycles. The number of nitrogens with one attached hydrogen (secondary N) is 3. The molecule has 2 aromatic carbocycles. The summed E-state index contributed by atoms with van der Waals surface area (Å²) in [6, 6.07) is 13.5. The maximum Gasteiger partial charge on any atom is 0.321 e. The van der Waals surface area contributed by atoms with Crippen molar-refractivity contribution in [2.24, 2.45) is 0 Å². The van der Waals surface area contributed by atoms with Gasteiger partial charge in [-0.15, -0.1) is 0 Å². The maximum atomic E-state index is 12.7. The van der Waals surface area contributed by atoms with Crippen LogP contribution in [-0.2, 0) is 10.0 Å². The number of ether oxygens (including phenoxy) is 2. The zero-order valence-electron chi connectivity index (χ0n) is 18.0. The van der Waals surface area contributed by atoms with Crippen molar-refractivity contribution >= 4 is 44.5 Å². The lowest BCUT2D eigenvalue weighted by Crippen LogP contribution is -2.20. The van der Waals surface area contributed by atoms with E-state index in [1.807, 2.05) is 32.0 Å². The minimum Gasteiger partial charge on any atom is -0.481 e. The lowest BCUT2D eigenvalue weighted by Gasteiger charge is -2.14. The van der Waals surface area contributed by atoms with Crippen LogP contribution in [0.5, 0.6) is 11.9 Å². The number of sulfonamides is 1. The first-order valence-electron chi connectivity index (χ1n) is 9.45. The molecule has 3 N–H and O–H groups in total. The molecule has 3 aromatic rings. The van der Waals surface area contributed by atoms with Crippen molar-refractivity contribution in [1.29, 1.82) is 0 Å². The fourth-order valence-corrected chi connectivity index (χ4v) is 3.94. The van der Waals surface area contributed by atoms with Crippen molar-refractivity contribution in [3.63, 3.8) is 0 Å². The van der Waals surface area contributed by atoms with Gasteiger partial charge in [-0.25, -0.2) is 8.42 Å². The Bertz CT molecular complexity index is 1210. The van der Waals surface area contributed by atoms with E-state index < -0.39 is 10.0 Å². The van der Waals surface area contributed by atoms with Crippen molar-refractivity contribution in [2.45, 2.75) is 18.7 Å². The molecule has 0 radical (unpaired) electrons. The van der Waals surface area contributed by atoms with Gasteiger partial charge in [-0.1, -0.05) is 12.1 Å². The van der Waals surface area contributed by atoms with E-state index in [1.54, 1.807) is 12.1 Å². The summed E-state index contributed by atoms with van der Waals surface area (Å²) < 4.78 is 37.9. The molecule has 1 heterocycles. The van der Waals surface area contributed by atoms with Gasteiger partial charge >= 0.3 is 6.01 Å². The van der Waals surface area contributed by atoms with Gasteiger partial charge in [0.15, 0.2) is 10.9 Å². The molecule has 0 saturated carbocycles. The number of nitrogens with zero attached hydrogens (tertiary/aromatic N) is 2. The summed E-state index contributed by atoms with van der Waals surface area (Å²) in [5.74, 6) is 0.189. The summed E-state index contributed by atoms with van der Waals surface area (Å²) in [5.41, 5.74) is 3.71. The Labute approximate surface area is 192 Å². The van der Waals surface area contributed by atoms with Crippen LogP contribution in [0.4, 0.5) is 17.2 Å². The summed E-state index contributed by atoms with van der Waals surface area (Å²) in [6.45, 7) is 3.99. The maximum absolute atomic E-state index is 12.7.